The van der Waals surface area contributed by atoms with Gasteiger partial charge in [-0.3, -0.25) is 9.78 Å². The molecule has 3 N–H and O–H groups in total. The van der Waals surface area contributed by atoms with Gasteiger partial charge in [0.15, 0.2) is 0 Å². The van der Waals surface area contributed by atoms with Gasteiger partial charge in [-0.25, -0.2) is 0 Å². The van der Waals surface area contributed by atoms with Crippen LogP contribution in [0.25, 0.3) is 10.9 Å². The molecular weight excluding hydrogens is 457 g/mol. The number of halogens is 2. The van der Waals surface area contributed by atoms with Gasteiger partial charge in [-0.1, -0.05) is 60.7 Å². The molecule has 0 aliphatic rings. The Morgan fingerprint density at radius 2 is 1.58 bits per heavy atom. The Hall–Kier alpha value is -2.96. The van der Waals surface area contributed by atoms with Crippen LogP contribution in [0.2, 0.25) is 0 Å². The van der Waals surface area contributed by atoms with Crippen molar-refractivity contribution in [3.63, 3.8) is 0 Å². The Labute approximate surface area is 206 Å². The topological polar surface area (TPSA) is 74.2 Å². The lowest BCUT2D eigenvalue weighted by Gasteiger charge is -2.13. The molecule has 33 heavy (non-hydrogen) atoms. The molecular formula is C26H27Cl2N3O2. The van der Waals surface area contributed by atoms with Gasteiger partial charge < -0.3 is 15.7 Å². The first-order valence-corrected chi connectivity index (χ1v) is 10.4. The third-order valence-corrected chi connectivity index (χ3v) is 5.23. The summed E-state index contributed by atoms with van der Waals surface area (Å²) < 4.78 is 0. The van der Waals surface area contributed by atoms with Crippen LogP contribution in [-0.2, 0) is 6.42 Å². The molecule has 0 spiro atoms. The molecule has 0 bridgehead atoms. The highest BCUT2D eigenvalue weighted by atomic mass is 35.5. The van der Waals surface area contributed by atoms with Crippen molar-refractivity contribution >= 4 is 47.3 Å². The second-order valence-corrected chi connectivity index (χ2v) is 7.37. The molecule has 5 nitrogen and oxygen atoms in total. The number of hydrogen-bond acceptors (Lipinski definition) is 4. The predicted octanol–water partition coefficient (Wildman–Crippen LogP) is 5.20. The number of nitrogens with zero attached hydrogens (tertiary/aromatic N) is 1. The fourth-order valence-electron chi connectivity index (χ4n) is 3.61. The zero-order chi connectivity index (χ0) is 21.5. The van der Waals surface area contributed by atoms with Crippen LogP contribution in [0.4, 0.5) is 5.69 Å². The molecule has 1 amide bonds. The Morgan fingerprint density at radius 1 is 0.879 bits per heavy atom. The third-order valence-electron chi connectivity index (χ3n) is 5.23. The summed E-state index contributed by atoms with van der Waals surface area (Å²) in [6.07, 6.45) is 1.98. The number of aliphatic hydroxyl groups is 1. The van der Waals surface area contributed by atoms with Gasteiger partial charge in [-0.05, 0) is 48.4 Å². The molecule has 0 aliphatic carbocycles. The van der Waals surface area contributed by atoms with Gasteiger partial charge >= 0.3 is 0 Å². The van der Waals surface area contributed by atoms with Crippen molar-refractivity contribution in [2.24, 2.45) is 0 Å². The lowest BCUT2D eigenvalue weighted by molar-refractivity contribution is 0.102. The van der Waals surface area contributed by atoms with E-state index in [0.29, 0.717) is 24.2 Å². The van der Waals surface area contributed by atoms with Gasteiger partial charge in [0, 0.05) is 23.8 Å². The summed E-state index contributed by atoms with van der Waals surface area (Å²) in [6, 6.07) is 26.7. The van der Waals surface area contributed by atoms with Crippen molar-refractivity contribution in [2.75, 3.05) is 18.4 Å². The molecule has 0 saturated carbocycles. The first-order valence-electron chi connectivity index (χ1n) is 10.4. The summed E-state index contributed by atoms with van der Waals surface area (Å²) in [5.41, 5.74) is 4.01. The number of anilines is 1. The summed E-state index contributed by atoms with van der Waals surface area (Å²) in [4.78, 5) is 17.3. The number of fused-ring (bicyclic) bond motifs is 1. The molecule has 1 aromatic heterocycles. The maximum atomic E-state index is 12.8. The number of pyridine rings is 1. The molecule has 1 atom stereocenters. The number of nitrogens with one attached hydrogen (secondary N) is 2. The number of para-hydroxylation sites is 2. The van der Waals surface area contributed by atoms with Crippen LogP contribution in [0.5, 0.6) is 0 Å². The van der Waals surface area contributed by atoms with Crippen LogP contribution in [0.3, 0.4) is 0 Å². The van der Waals surface area contributed by atoms with E-state index in [1.165, 1.54) is 0 Å². The minimum absolute atomic E-state index is 0. The monoisotopic (exact) mass is 483 g/mol. The summed E-state index contributed by atoms with van der Waals surface area (Å²) in [5.74, 6) is -0.175. The molecule has 7 heteroatoms. The second kappa shape index (κ2) is 12.9. The van der Waals surface area contributed by atoms with Crippen LogP contribution in [0.1, 0.15) is 27.6 Å². The molecule has 4 aromatic rings. The Balaban J connectivity index is 0.00000193. The van der Waals surface area contributed by atoms with Crippen molar-refractivity contribution < 1.29 is 9.90 Å². The second-order valence-electron chi connectivity index (χ2n) is 7.37. The maximum absolute atomic E-state index is 12.8. The number of aromatic nitrogens is 1. The van der Waals surface area contributed by atoms with Crippen molar-refractivity contribution in [3.05, 3.63) is 108 Å². The average Bonchev–Trinajstić information content (AvgIpc) is 2.82. The van der Waals surface area contributed by atoms with Crippen LogP contribution < -0.4 is 10.6 Å². The fourth-order valence-corrected chi connectivity index (χ4v) is 3.61. The largest absolute Gasteiger partial charge is 0.387 e. The number of rotatable bonds is 8. The number of amides is 1. The van der Waals surface area contributed by atoms with Gasteiger partial charge in [0.25, 0.3) is 5.91 Å². The van der Waals surface area contributed by atoms with E-state index in [1.54, 1.807) is 12.3 Å². The van der Waals surface area contributed by atoms with E-state index < -0.39 is 6.10 Å². The van der Waals surface area contributed by atoms with Gasteiger partial charge in [0.1, 0.15) is 0 Å². The first-order chi connectivity index (χ1) is 15.2. The first kappa shape index (κ1) is 26.3. The van der Waals surface area contributed by atoms with E-state index >= 15 is 0 Å². The van der Waals surface area contributed by atoms with E-state index in [1.807, 2.05) is 78.9 Å². The minimum atomic E-state index is -0.538. The van der Waals surface area contributed by atoms with Crippen molar-refractivity contribution in [1.82, 2.24) is 10.3 Å². The Bertz CT molecular complexity index is 1160. The zero-order valence-electron chi connectivity index (χ0n) is 18.0. The van der Waals surface area contributed by atoms with E-state index in [2.05, 4.69) is 15.6 Å². The van der Waals surface area contributed by atoms with E-state index in [4.69, 9.17) is 0 Å². The summed E-state index contributed by atoms with van der Waals surface area (Å²) >= 11 is 0. The number of carbonyl (C=O) groups is 1. The molecule has 0 aliphatic heterocycles. The van der Waals surface area contributed by atoms with Crippen LogP contribution in [0, 0.1) is 0 Å². The molecule has 4 rings (SSSR count). The van der Waals surface area contributed by atoms with Crippen LogP contribution in [0.15, 0.2) is 91.1 Å². The van der Waals surface area contributed by atoms with E-state index in [9.17, 15) is 9.90 Å². The van der Waals surface area contributed by atoms with Gasteiger partial charge in [0.2, 0.25) is 0 Å². The number of carbonyl (C=O) groups excluding carboxylic acids is 1. The maximum Gasteiger partial charge on any atom is 0.257 e. The van der Waals surface area contributed by atoms with Crippen molar-refractivity contribution in [3.8, 4) is 0 Å². The molecule has 0 unspecified atom stereocenters. The van der Waals surface area contributed by atoms with Gasteiger partial charge in [0.05, 0.1) is 17.2 Å². The standard InChI is InChI=1S/C26H25N3O2.2ClH/c30-24(20-8-3-1-4-9-20)18-27-16-14-19-15-17-28-25-22(19)12-7-13-23(25)26(31)29-21-10-5-2-6-11-21;;/h1-13,15,17,24,27,30H,14,16,18H2,(H,29,31);2*1H/t24-;;/m0../s1. The number of hydrogen-bond donors (Lipinski definition) is 3. The Morgan fingerprint density at radius 3 is 2.30 bits per heavy atom. The zero-order valence-corrected chi connectivity index (χ0v) is 19.6. The van der Waals surface area contributed by atoms with E-state index in [0.717, 1.165) is 28.6 Å². The molecule has 3 aromatic carbocycles. The summed E-state index contributed by atoms with van der Waals surface area (Å²) in [5, 5.41) is 17.5. The minimum Gasteiger partial charge on any atom is -0.387 e. The fraction of sp³-hybridized carbons (Fsp3) is 0.154. The SMILES string of the molecule is Cl.Cl.O=C(Nc1ccccc1)c1cccc2c(CCNC[C@H](O)c3ccccc3)ccnc12. The molecule has 0 radical (unpaired) electrons. The summed E-state index contributed by atoms with van der Waals surface area (Å²) in [7, 11) is 0. The van der Waals surface area contributed by atoms with Crippen molar-refractivity contribution in [2.45, 2.75) is 12.5 Å². The molecule has 0 fully saturated rings. The van der Waals surface area contributed by atoms with E-state index in [-0.39, 0.29) is 30.7 Å². The molecule has 1 heterocycles. The highest BCUT2D eigenvalue weighted by Crippen LogP contribution is 2.22. The quantitative estimate of drug-likeness (QED) is 0.301. The lowest BCUT2D eigenvalue weighted by Crippen LogP contribution is -2.23. The number of aliphatic hydroxyl groups excluding tert-OH is 1. The van der Waals surface area contributed by atoms with Crippen LogP contribution >= 0.6 is 24.8 Å². The third kappa shape index (κ3) is 6.76. The molecule has 0 saturated heterocycles. The van der Waals surface area contributed by atoms with Crippen LogP contribution in [-0.4, -0.2) is 29.1 Å². The summed E-state index contributed by atoms with van der Waals surface area (Å²) in [6.45, 7) is 1.20. The number of benzene rings is 3. The lowest BCUT2D eigenvalue weighted by atomic mass is 10.0. The van der Waals surface area contributed by atoms with Gasteiger partial charge in [-0.15, -0.1) is 24.8 Å². The molecule has 172 valence electrons. The average molecular weight is 484 g/mol. The highest BCUT2D eigenvalue weighted by Gasteiger charge is 2.13. The highest BCUT2D eigenvalue weighted by molar-refractivity contribution is 6.12. The smallest absolute Gasteiger partial charge is 0.257 e. The predicted molar refractivity (Wildman–Crippen MR) is 139 cm³/mol. The Kier molecular flexibility index (Phi) is 10.3. The normalized spacial score (nSPS) is 11.2. The van der Waals surface area contributed by atoms with Gasteiger partial charge in [-0.2, -0.15) is 0 Å². The van der Waals surface area contributed by atoms with Crippen molar-refractivity contribution in [1.29, 1.82) is 0 Å².